The Kier molecular flexibility index (Phi) is 5.88. The summed E-state index contributed by atoms with van der Waals surface area (Å²) in [5.74, 6) is 1.72. The van der Waals surface area contributed by atoms with Crippen LogP contribution in [-0.2, 0) is 6.54 Å². The minimum absolute atomic E-state index is 0.118. The fourth-order valence-corrected chi connectivity index (χ4v) is 2.81. The van der Waals surface area contributed by atoms with Gasteiger partial charge < -0.3 is 14.8 Å². The second-order valence-electron chi connectivity index (χ2n) is 6.49. The van der Waals surface area contributed by atoms with Crippen molar-refractivity contribution in [1.82, 2.24) is 25.5 Å². The van der Waals surface area contributed by atoms with Gasteiger partial charge in [0.05, 0.1) is 20.3 Å². The van der Waals surface area contributed by atoms with Crippen LogP contribution >= 0.6 is 0 Å². The number of hydrogen-bond donors (Lipinski definition) is 1. The Balaban J connectivity index is 1.74. The van der Waals surface area contributed by atoms with E-state index >= 15 is 0 Å². The number of benzene rings is 2. The molecule has 0 radical (unpaired) electrons. The van der Waals surface area contributed by atoms with Gasteiger partial charge in [-0.1, -0.05) is 18.2 Å². The van der Waals surface area contributed by atoms with Gasteiger partial charge in [0.2, 0.25) is 0 Å². The van der Waals surface area contributed by atoms with Crippen molar-refractivity contribution in [2.45, 2.75) is 26.4 Å². The number of ether oxygens (including phenoxy) is 2. The topological polar surface area (TPSA) is 91.2 Å². The van der Waals surface area contributed by atoms with Crippen LogP contribution in [0.15, 0.2) is 42.5 Å². The lowest BCUT2D eigenvalue weighted by atomic mass is 10.1. The molecule has 0 bridgehead atoms. The minimum Gasteiger partial charge on any atom is -0.493 e. The van der Waals surface area contributed by atoms with Crippen molar-refractivity contribution in [3.8, 4) is 22.9 Å². The van der Waals surface area contributed by atoms with Gasteiger partial charge in [0.1, 0.15) is 0 Å². The number of nitrogens with one attached hydrogen (secondary N) is 1. The number of rotatable bonds is 7. The summed E-state index contributed by atoms with van der Waals surface area (Å²) in [6.07, 6.45) is 0. The molecule has 0 saturated carbocycles. The lowest BCUT2D eigenvalue weighted by Gasteiger charge is -2.11. The van der Waals surface area contributed by atoms with E-state index in [9.17, 15) is 4.79 Å². The molecule has 1 heterocycles. The fraction of sp³-hybridized carbons (Fsp3) is 0.300. The molecule has 0 saturated heterocycles. The standard InChI is InChI=1S/C20H23N5O3/c1-13(2)25-19(22-23-24-25)15-6-5-7-16(11-15)20(26)21-12-14-8-9-17(27-3)18(10-14)28-4/h5-11,13H,12H2,1-4H3,(H,21,26). The summed E-state index contributed by atoms with van der Waals surface area (Å²) in [7, 11) is 3.17. The van der Waals surface area contributed by atoms with E-state index in [1.165, 1.54) is 0 Å². The maximum atomic E-state index is 12.6. The molecule has 146 valence electrons. The smallest absolute Gasteiger partial charge is 0.251 e. The predicted octanol–water partition coefficient (Wildman–Crippen LogP) is 2.87. The van der Waals surface area contributed by atoms with Crippen LogP contribution in [0.25, 0.3) is 11.4 Å². The summed E-state index contributed by atoms with van der Waals surface area (Å²) in [5.41, 5.74) is 2.24. The summed E-state index contributed by atoms with van der Waals surface area (Å²) in [6, 6.07) is 12.9. The van der Waals surface area contributed by atoms with Crippen molar-refractivity contribution in [2.24, 2.45) is 0 Å². The molecule has 0 fully saturated rings. The Morgan fingerprint density at radius 2 is 1.89 bits per heavy atom. The number of methoxy groups -OCH3 is 2. The van der Waals surface area contributed by atoms with E-state index in [0.717, 1.165) is 11.1 Å². The molecule has 0 atom stereocenters. The van der Waals surface area contributed by atoms with E-state index in [0.29, 0.717) is 29.4 Å². The maximum Gasteiger partial charge on any atom is 0.251 e. The molecule has 0 aliphatic rings. The Morgan fingerprint density at radius 1 is 1.11 bits per heavy atom. The summed E-state index contributed by atoms with van der Waals surface area (Å²) in [6.45, 7) is 4.37. The van der Waals surface area contributed by atoms with Gasteiger partial charge in [-0.25, -0.2) is 4.68 Å². The number of hydrogen-bond acceptors (Lipinski definition) is 6. The van der Waals surface area contributed by atoms with Crippen LogP contribution in [-0.4, -0.2) is 40.3 Å². The van der Waals surface area contributed by atoms with E-state index in [4.69, 9.17) is 9.47 Å². The third-order valence-electron chi connectivity index (χ3n) is 4.27. The molecule has 3 aromatic rings. The largest absolute Gasteiger partial charge is 0.493 e. The van der Waals surface area contributed by atoms with Crippen molar-refractivity contribution < 1.29 is 14.3 Å². The van der Waals surface area contributed by atoms with E-state index in [2.05, 4.69) is 20.8 Å². The molecular weight excluding hydrogens is 358 g/mol. The van der Waals surface area contributed by atoms with Gasteiger partial charge in [-0.2, -0.15) is 0 Å². The fourth-order valence-electron chi connectivity index (χ4n) is 2.81. The van der Waals surface area contributed by atoms with Gasteiger partial charge in [0.15, 0.2) is 17.3 Å². The number of aromatic nitrogens is 4. The third-order valence-corrected chi connectivity index (χ3v) is 4.27. The van der Waals surface area contributed by atoms with E-state index < -0.39 is 0 Å². The van der Waals surface area contributed by atoms with E-state index in [1.54, 1.807) is 31.0 Å². The lowest BCUT2D eigenvalue weighted by Crippen LogP contribution is -2.22. The highest BCUT2D eigenvalue weighted by atomic mass is 16.5. The van der Waals surface area contributed by atoms with E-state index in [1.807, 2.05) is 44.2 Å². The first kappa shape index (κ1) is 19.3. The van der Waals surface area contributed by atoms with Crippen LogP contribution in [0.4, 0.5) is 0 Å². The molecule has 1 aromatic heterocycles. The highest BCUT2D eigenvalue weighted by Gasteiger charge is 2.14. The molecule has 8 heteroatoms. The number of nitrogens with zero attached hydrogens (tertiary/aromatic N) is 4. The Bertz CT molecular complexity index is 968. The quantitative estimate of drug-likeness (QED) is 0.677. The average Bonchev–Trinajstić information content (AvgIpc) is 3.22. The predicted molar refractivity (Wildman–Crippen MR) is 104 cm³/mol. The van der Waals surface area contributed by atoms with Crippen molar-refractivity contribution in [3.63, 3.8) is 0 Å². The summed E-state index contributed by atoms with van der Waals surface area (Å²) < 4.78 is 12.3. The zero-order valence-electron chi connectivity index (χ0n) is 16.3. The van der Waals surface area contributed by atoms with Crippen molar-refractivity contribution >= 4 is 5.91 Å². The van der Waals surface area contributed by atoms with Crippen LogP contribution in [0.1, 0.15) is 35.8 Å². The van der Waals surface area contributed by atoms with Gasteiger partial charge in [0.25, 0.3) is 5.91 Å². The van der Waals surface area contributed by atoms with Crippen molar-refractivity contribution in [3.05, 3.63) is 53.6 Å². The molecule has 8 nitrogen and oxygen atoms in total. The first-order valence-electron chi connectivity index (χ1n) is 8.91. The van der Waals surface area contributed by atoms with Gasteiger partial charge in [-0.05, 0) is 54.1 Å². The second kappa shape index (κ2) is 8.51. The van der Waals surface area contributed by atoms with Gasteiger partial charge >= 0.3 is 0 Å². The molecule has 3 rings (SSSR count). The third kappa shape index (κ3) is 4.11. The average molecular weight is 381 g/mol. The van der Waals surface area contributed by atoms with Crippen molar-refractivity contribution in [1.29, 1.82) is 0 Å². The second-order valence-corrected chi connectivity index (χ2v) is 6.49. The van der Waals surface area contributed by atoms with Crippen LogP contribution in [0.2, 0.25) is 0 Å². The maximum absolute atomic E-state index is 12.6. The number of amides is 1. The van der Waals surface area contributed by atoms with Crippen LogP contribution < -0.4 is 14.8 Å². The molecule has 0 unspecified atom stereocenters. The normalized spacial score (nSPS) is 10.8. The lowest BCUT2D eigenvalue weighted by molar-refractivity contribution is 0.0951. The van der Waals surface area contributed by atoms with E-state index in [-0.39, 0.29) is 11.9 Å². The Morgan fingerprint density at radius 3 is 2.61 bits per heavy atom. The number of tetrazole rings is 1. The van der Waals surface area contributed by atoms with Gasteiger partial charge in [-0.15, -0.1) is 5.10 Å². The Hall–Kier alpha value is -3.42. The summed E-state index contributed by atoms with van der Waals surface area (Å²) >= 11 is 0. The first-order valence-corrected chi connectivity index (χ1v) is 8.91. The zero-order valence-corrected chi connectivity index (χ0v) is 16.3. The number of carbonyl (C=O) groups excluding carboxylic acids is 1. The Labute approximate surface area is 163 Å². The van der Waals surface area contributed by atoms with Crippen LogP contribution in [0.5, 0.6) is 11.5 Å². The minimum atomic E-state index is -0.180. The monoisotopic (exact) mass is 381 g/mol. The van der Waals surface area contributed by atoms with Crippen LogP contribution in [0.3, 0.4) is 0 Å². The molecular formula is C20H23N5O3. The molecule has 1 amide bonds. The highest BCUT2D eigenvalue weighted by molar-refractivity contribution is 5.95. The molecule has 0 aliphatic heterocycles. The highest BCUT2D eigenvalue weighted by Crippen LogP contribution is 2.27. The van der Waals surface area contributed by atoms with Crippen LogP contribution in [0, 0.1) is 0 Å². The number of carbonyl (C=O) groups is 1. The summed E-state index contributed by atoms with van der Waals surface area (Å²) in [5, 5.41) is 14.7. The summed E-state index contributed by atoms with van der Waals surface area (Å²) in [4.78, 5) is 12.6. The van der Waals surface area contributed by atoms with Gasteiger partial charge in [0, 0.05) is 17.7 Å². The zero-order chi connectivity index (χ0) is 20.1. The van der Waals surface area contributed by atoms with Crippen molar-refractivity contribution in [2.75, 3.05) is 14.2 Å². The molecule has 0 spiro atoms. The molecule has 0 aliphatic carbocycles. The SMILES string of the molecule is COc1ccc(CNC(=O)c2cccc(-c3nnnn3C(C)C)c2)cc1OC. The molecule has 28 heavy (non-hydrogen) atoms. The first-order chi connectivity index (χ1) is 13.5. The molecule has 1 N–H and O–H groups in total. The van der Waals surface area contributed by atoms with Gasteiger partial charge in [-0.3, -0.25) is 4.79 Å². The molecule has 2 aromatic carbocycles.